The number of aromatic nitrogens is 3. The lowest BCUT2D eigenvalue weighted by molar-refractivity contribution is -0.0512. The van der Waals surface area contributed by atoms with Gasteiger partial charge < -0.3 is 15.2 Å². The monoisotopic (exact) mass is 220 g/mol. The Balaban J connectivity index is 1.82. The second-order valence-electron chi connectivity index (χ2n) is 3.91. The first-order chi connectivity index (χ1) is 7.83. The van der Waals surface area contributed by atoms with E-state index in [0.717, 1.165) is 18.6 Å². The third kappa shape index (κ3) is 1.57. The zero-order chi connectivity index (χ0) is 11.0. The Bertz CT molecular complexity index is 506. The van der Waals surface area contributed by atoms with E-state index in [4.69, 9.17) is 15.2 Å². The molecule has 2 aromatic rings. The molecule has 0 aromatic carbocycles. The molecule has 1 aliphatic heterocycles. The van der Waals surface area contributed by atoms with Crippen LogP contribution >= 0.6 is 0 Å². The smallest absolute Gasteiger partial charge is 0.242 e. The minimum Gasteiger partial charge on any atom is -0.476 e. The summed E-state index contributed by atoms with van der Waals surface area (Å²) in [5.41, 5.74) is 6.96. The van der Waals surface area contributed by atoms with Crippen LogP contribution in [0.1, 0.15) is 0 Å². The molecule has 0 radical (unpaired) electrons. The normalized spacial score (nSPS) is 16.2. The zero-order valence-electron chi connectivity index (χ0n) is 8.64. The van der Waals surface area contributed by atoms with Crippen molar-refractivity contribution in [2.75, 3.05) is 25.6 Å². The van der Waals surface area contributed by atoms with Gasteiger partial charge in [-0.15, -0.1) is 5.10 Å². The Morgan fingerprint density at radius 1 is 1.56 bits per heavy atom. The molecule has 6 nitrogen and oxygen atoms in total. The van der Waals surface area contributed by atoms with Crippen LogP contribution in [0.15, 0.2) is 12.3 Å². The maximum Gasteiger partial charge on any atom is 0.242 e. The number of hydrogen-bond donors (Lipinski definition) is 2. The van der Waals surface area contributed by atoms with Gasteiger partial charge in [0.15, 0.2) is 5.65 Å². The van der Waals surface area contributed by atoms with Gasteiger partial charge in [-0.05, 0) is 6.07 Å². The van der Waals surface area contributed by atoms with Gasteiger partial charge in [-0.3, -0.25) is 5.10 Å². The summed E-state index contributed by atoms with van der Waals surface area (Å²) >= 11 is 0. The van der Waals surface area contributed by atoms with E-state index in [1.807, 2.05) is 0 Å². The van der Waals surface area contributed by atoms with E-state index < -0.39 is 0 Å². The van der Waals surface area contributed by atoms with Crippen molar-refractivity contribution >= 4 is 16.7 Å². The molecule has 6 heteroatoms. The van der Waals surface area contributed by atoms with Gasteiger partial charge in [0, 0.05) is 5.92 Å². The van der Waals surface area contributed by atoms with Crippen LogP contribution < -0.4 is 10.5 Å². The van der Waals surface area contributed by atoms with Crippen molar-refractivity contribution in [1.82, 2.24) is 15.2 Å². The van der Waals surface area contributed by atoms with Crippen LogP contribution in [-0.4, -0.2) is 35.0 Å². The number of nitrogens with two attached hydrogens (primary N) is 1. The average Bonchev–Trinajstić information content (AvgIpc) is 2.59. The highest BCUT2D eigenvalue weighted by molar-refractivity contribution is 5.83. The molecule has 0 unspecified atom stereocenters. The molecule has 0 amide bonds. The summed E-state index contributed by atoms with van der Waals surface area (Å²) in [7, 11) is 0. The van der Waals surface area contributed by atoms with E-state index in [-0.39, 0.29) is 0 Å². The summed E-state index contributed by atoms with van der Waals surface area (Å²) in [6.07, 6.45) is 1.59. The molecule has 16 heavy (non-hydrogen) atoms. The molecule has 0 spiro atoms. The number of rotatable bonds is 3. The topological polar surface area (TPSA) is 86.1 Å². The maximum atomic E-state index is 5.67. The fraction of sp³-hybridized carbons (Fsp3) is 0.400. The number of anilines is 1. The van der Waals surface area contributed by atoms with Crippen LogP contribution in [0.25, 0.3) is 11.0 Å². The van der Waals surface area contributed by atoms with E-state index >= 15 is 0 Å². The predicted octanol–water partition coefficient (Wildman–Crippen LogP) is 0.565. The highest BCUT2D eigenvalue weighted by atomic mass is 16.5. The third-order valence-electron chi connectivity index (χ3n) is 2.57. The van der Waals surface area contributed by atoms with Gasteiger partial charge in [0.05, 0.1) is 37.1 Å². The quantitative estimate of drug-likeness (QED) is 0.789. The SMILES string of the molecule is Nc1cnc2[nH]nc(OCC3COC3)c2c1. The Morgan fingerprint density at radius 3 is 3.19 bits per heavy atom. The molecule has 1 saturated heterocycles. The largest absolute Gasteiger partial charge is 0.476 e. The van der Waals surface area contributed by atoms with E-state index in [9.17, 15) is 0 Å². The van der Waals surface area contributed by atoms with Gasteiger partial charge in [0.25, 0.3) is 0 Å². The maximum absolute atomic E-state index is 5.67. The van der Waals surface area contributed by atoms with Crippen LogP contribution in [0, 0.1) is 5.92 Å². The molecule has 3 rings (SSSR count). The summed E-state index contributed by atoms with van der Waals surface area (Å²) in [4.78, 5) is 4.11. The Morgan fingerprint density at radius 2 is 2.44 bits per heavy atom. The van der Waals surface area contributed by atoms with Crippen LogP contribution in [0.4, 0.5) is 5.69 Å². The average molecular weight is 220 g/mol. The number of hydrogen-bond acceptors (Lipinski definition) is 5. The number of fused-ring (bicyclic) bond motifs is 1. The molecule has 1 fully saturated rings. The van der Waals surface area contributed by atoms with E-state index in [2.05, 4.69) is 15.2 Å². The Labute approximate surface area is 91.8 Å². The second-order valence-corrected chi connectivity index (χ2v) is 3.91. The first kappa shape index (κ1) is 9.41. The zero-order valence-corrected chi connectivity index (χ0v) is 8.64. The van der Waals surface area contributed by atoms with Crippen molar-refractivity contribution in [2.24, 2.45) is 5.92 Å². The van der Waals surface area contributed by atoms with Crippen LogP contribution in [0.5, 0.6) is 5.88 Å². The fourth-order valence-electron chi connectivity index (χ4n) is 1.58. The van der Waals surface area contributed by atoms with E-state index in [1.165, 1.54) is 0 Å². The van der Waals surface area contributed by atoms with Crippen molar-refractivity contribution < 1.29 is 9.47 Å². The Hall–Kier alpha value is -1.82. The van der Waals surface area contributed by atoms with Crippen molar-refractivity contribution in [3.05, 3.63) is 12.3 Å². The Kier molecular flexibility index (Phi) is 2.14. The van der Waals surface area contributed by atoms with Crippen LogP contribution in [0.2, 0.25) is 0 Å². The van der Waals surface area contributed by atoms with Gasteiger partial charge in [-0.25, -0.2) is 4.98 Å². The third-order valence-corrected chi connectivity index (χ3v) is 2.57. The number of pyridine rings is 1. The van der Waals surface area contributed by atoms with Crippen LogP contribution in [0.3, 0.4) is 0 Å². The predicted molar refractivity (Wildman–Crippen MR) is 58.1 cm³/mol. The van der Waals surface area contributed by atoms with Crippen molar-refractivity contribution in [3.8, 4) is 5.88 Å². The summed E-state index contributed by atoms with van der Waals surface area (Å²) in [6.45, 7) is 2.15. The molecule has 0 bridgehead atoms. The number of ether oxygens (including phenoxy) is 2. The summed E-state index contributed by atoms with van der Waals surface area (Å²) in [5.74, 6) is 1.03. The summed E-state index contributed by atoms with van der Waals surface area (Å²) in [5, 5.41) is 7.68. The van der Waals surface area contributed by atoms with Gasteiger partial charge in [0.1, 0.15) is 0 Å². The van der Waals surface area contributed by atoms with Crippen molar-refractivity contribution in [2.45, 2.75) is 0 Å². The van der Waals surface area contributed by atoms with Gasteiger partial charge in [0.2, 0.25) is 5.88 Å². The van der Waals surface area contributed by atoms with Crippen molar-refractivity contribution in [1.29, 1.82) is 0 Å². The fourth-order valence-corrected chi connectivity index (χ4v) is 1.58. The van der Waals surface area contributed by atoms with Crippen molar-refractivity contribution in [3.63, 3.8) is 0 Å². The van der Waals surface area contributed by atoms with Gasteiger partial charge in [-0.1, -0.05) is 0 Å². The standard InChI is InChI=1S/C10H12N4O2/c11-7-1-8-9(12-2-7)13-14-10(8)16-5-6-3-15-4-6/h1-2,6H,3-5,11H2,(H,12,13,14). The summed E-state index contributed by atoms with van der Waals surface area (Å²) in [6, 6.07) is 1.80. The number of nitrogens with one attached hydrogen (secondary N) is 1. The van der Waals surface area contributed by atoms with E-state index in [0.29, 0.717) is 29.7 Å². The molecule has 84 valence electrons. The number of H-pyrrole nitrogens is 1. The molecule has 0 aliphatic carbocycles. The minimum absolute atomic E-state index is 0.473. The summed E-state index contributed by atoms with van der Waals surface area (Å²) < 4.78 is 10.7. The molecular weight excluding hydrogens is 208 g/mol. The lowest BCUT2D eigenvalue weighted by atomic mass is 10.1. The molecule has 3 N–H and O–H groups in total. The molecule has 3 heterocycles. The molecule has 0 atom stereocenters. The highest BCUT2D eigenvalue weighted by Gasteiger charge is 2.20. The molecule has 1 aliphatic rings. The lowest BCUT2D eigenvalue weighted by Gasteiger charge is -2.25. The minimum atomic E-state index is 0.473. The number of aromatic amines is 1. The molecule has 0 saturated carbocycles. The molecule has 2 aromatic heterocycles. The second kappa shape index (κ2) is 3.64. The lowest BCUT2D eigenvalue weighted by Crippen LogP contribution is -2.32. The highest BCUT2D eigenvalue weighted by Crippen LogP contribution is 2.23. The van der Waals surface area contributed by atoms with Gasteiger partial charge in [-0.2, -0.15) is 0 Å². The van der Waals surface area contributed by atoms with Crippen LogP contribution in [-0.2, 0) is 4.74 Å². The molecular formula is C10H12N4O2. The number of nitrogen functional groups attached to an aromatic ring is 1. The van der Waals surface area contributed by atoms with Gasteiger partial charge >= 0.3 is 0 Å². The first-order valence-electron chi connectivity index (χ1n) is 5.13. The first-order valence-corrected chi connectivity index (χ1v) is 5.13. The van der Waals surface area contributed by atoms with E-state index in [1.54, 1.807) is 12.3 Å². The number of nitrogens with zero attached hydrogens (tertiary/aromatic N) is 2.